The van der Waals surface area contributed by atoms with Crippen LogP contribution in [0.2, 0.25) is 0 Å². The number of carbonyl (C=O) groups is 1. The van der Waals surface area contributed by atoms with E-state index in [1.54, 1.807) is 11.3 Å². The molecule has 1 heterocycles. The second-order valence-corrected chi connectivity index (χ2v) is 6.00. The SMILES string of the molecule is CCCC(C#N)C(=O)NCC(C)(C)c1cccs1. The molecule has 0 aliphatic heterocycles. The molecule has 1 aromatic rings. The molecule has 1 aromatic heterocycles. The van der Waals surface area contributed by atoms with Gasteiger partial charge in [0.1, 0.15) is 5.92 Å². The van der Waals surface area contributed by atoms with Crippen molar-refractivity contribution in [3.63, 3.8) is 0 Å². The Bertz CT molecular complexity index is 418. The van der Waals surface area contributed by atoms with Gasteiger partial charge in [-0.25, -0.2) is 0 Å². The lowest BCUT2D eigenvalue weighted by atomic mass is 9.91. The summed E-state index contributed by atoms with van der Waals surface area (Å²) in [7, 11) is 0. The minimum atomic E-state index is -0.519. The normalized spacial score (nSPS) is 12.8. The molecule has 1 atom stereocenters. The van der Waals surface area contributed by atoms with Crippen molar-refractivity contribution < 1.29 is 4.79 Å². The molecule has 0 bridgehead atoms. The van der Waals surface area contributed by atoms with Gasteiger partial charge < -0.3 is 5.32 Å². The summed E-state index contributed by atoms with van der Waals surface area (Å²) in [6.07, 6.45) is 1.47. The largest absolute Gasteiger partial charge is 0.354 e. The molecule has 0 saturated carbocycles. The van der Waals surface area contributed by atoms with Gasteiger partial charge in [0, 0.05) is 16.8 Å². The van der Waals surface area contributed by atoms with E-state index < -0.39 is 5.92 Å². The average Bonchev–Trinajstić information content (AvgIpc) is 2.87. The molecule has 0 radical (unpaired) electrons. The maximum absolute atomic E-state index is 11.9. The highest BCUT2D eigenvalue weighted by molar-refractivity contribution is 7.10. The highest BCUT2D eigenvalue weighted by Gasteiger charge is 2.24. The quantitative estimate of drug-likeness (QED) is 0.858. The third kappa shape index (κ3) is 3.85. The van der Waals surface area contributed by atoms with Crippen LogP contribution in [-0.2, 0) is 10.2 Å². The van der Waals surface area contributed by atoms with Crippen molar-refractivity contribution in [1.29, 1.82) is 5.26 Å². The summed E-state index contributed by atoms with van der Waals surface area (Å²) in [5.41, 5.74) is -0.0873. The average molecular weight is 264 g/mol. The fraction of sp³-hybridized carbons (Fsp3) is 0.571. The van der Waals surface area contributed by atoms with Gasteiger partial charge in [0.05, 0.1) is 6.07 Å². The van der Waals surface area contributed by atoms with Crippen LogP contribution in [0.15, 0.2) is 17.5 Å². The lowest BCUT2D eigenvalue weighted by Crippen LogP contribution is -2.39. The Kier molecular flexibility index (Phi) is 5.36. The van der Waals surface area contributed by atoms with Gasteiger partial charge in [-0.1, -0.05) is 33.3 Å². The van der Waals surface area contributed by atoms with Crippen molar-refractivity contribution in [3.05, 3.63) is 22.4 Å². The first-order valence-corrected chi connectivity index (χ1v) is 7.10. The highest BCUT2D eigenvalue weighted by Crippen LogP contribution is 2.26. The first-order chi connectivity index (χ1) is 8.51. The molecule has 1 rings (SSSR count). The molecule has 0 aliphatic rings. The van der Waals surface area contributed by atoms with Crippen LogP contribution in [0.1, 0.15) is 38.5 Å². The van der Waals surface area contributed by atoms with Gasteiger partial charge in [0.25, 0.3) is 0 Å². The zero-order chi connectivity index (χ0) is 13.6. The van der Waals surface area contributed by atoms with Crippen LogP contribution < -0.4 is 5.32 Å². The van der Waals surface area contributed by atoms with Crippen molar-refractivity contribution in [2.45, 2.75) is 39.0 Å². The van der Waals surface area contributed by atoms with Crippen molar-refractivity contribution >= 4 is 17.2 Å². The van der Waals surface area contributed by atoms with Crippen LogP contribution in [0.4, 0.5) is 0 Å². The molecule has 0 aliphatic carbocycles. The lowest BCUT2D eigenvalue weighted by molar-refractivity contribution is -0.123. The Morgan fingerprint density at radius 2 is 2.33 bits per heavy atom. The van der Waals surface area contributed by atoms with Gasteiger partial charge >= 0.3 is 0 Å². The molecule has 0 saturated heterocycles. The number of amides is 1. The predicted molar refractivity (Wildman–Crippen MR) is 74.4 cm³/mol. The molecule has 0 fully saturated rings. The van der Waals surface area contributed by atoms with Crippen molar-refractivity contribution in [2.75, 3.05) is 6.54 Å². The van der Waals surface area contributed by atoms with Crippen LogP contribution in [0, 0.1) is 17.2 Å². The van der Waals surface area contributed by atoms with Crippen LogP contribution in [0.25, 0.3) is 0 Å². The fourth-order valence-electron chi connectivity index (χ4n) is 1.73. The molecule has 1 N–H and O–H groups in total. The summed E-state index contributed by atoms with van der Waals surface area (Å²) in [5, 5.41) is 13.9. The number of nitrogens with zero attached hydrogens (tertiary/aromatic N) is 1. The molecule has 0 aromatic carbocycles. The smallest absolute Gasteiger partial charge is 0.237 e. The zero-order valence-corrected chi connectivity index (χ0v) is 12.0. The summed E-state index contributed by atoms with van der Waals surface area (Å²) in [6.45, 7) is 6.74. The number of nitriles is 1. The van der Waals surface area contributed by atoms with E-state index in [4.69, 9.17) is 5.26 Å². The third-order valence-electron chi connectivity index (χ3n) is 2.94. The van der Waals surface area contributed by atoms with Crippen LogP contribution >= 0.6 is 11.3 Å². The van der Waals surface area contributed by atoms with E-state index in [0.717, 1.165) is 6.42 Å². The number of hydrogen-bond donors (Lipinski definition) is 1. The van der Waals surface area contributed by atoms with Gasteiger partial charge in [-0.15, -0.1) is 11.3 Å². The monoisotopic (exact) mass is 264 g/mol. The van der Waals surface area contributed by atoms with E-state index in [0.29, 0.717) is 13.0 Å². The van der Waals surface area contributed by atoms with Gasteiger partial charge in [-0.2, -0.15) is 5.26 Å². The van der Waals surface area contributed by atoms with Crippen molar-refractivity contribution in [1.82, 2.24) is 5.32 Å². The van der Waals surface area contributed by atoms with E-state index in [1.807, 2.05) is 18.4 Å². The Morgan fingerprint density at radius 3 is 2.83 bits per heavy atom. The highest BCUT2D eigenvalue weighted by atomic mass is 32.1. The van der Waals surface area contributed by atoms with E-state index in [1.165, 1.54) is 4.88 Å². The molecule has 0 spiro atoms. The predicted octanol–water partition coefficient (Wildman–Crippen LogP) is 3.08. The zero-order valence-electron chi connectivity index (χ0n) is 11.2. The van der Waals surface area contributed by atoms with Crippen molar-refractivity contribution in [3.8, 4) is 6.07 Å². The minimum absolute atomic E-state index is 0.0873. The Hall–Kier alpha value is -1.34. The standard InChI is InChI=1S/C14H20N2OS/c1-4-6-11(9-15)13(17)16-10-14(2,3)12-7-5-8-18-12/h5,7-8,11H,4,6,10H2,1-3H3,(H,16,17). The summed E-state index contributed by atoms with van der Waals surface area (Å²) in [6, 6.07) is 6.15. The molecule has 18 heavy (non-hydrogen) atoms. The minimum Gasteiger partial charge on any atom is -0.354 e. The number of rotatable bonds is 6. The van der Waals surface area contributed by atoms with Gasteiger partial charge in [0.2, 0.25) is 5.91 Å². The number of thiophene rings is 1. The van der Waals surface area contributed by atoms with Gasteiger partial charge in [-0.3, -0.25) is 4.79 Å². The molecule has 98 valence electrons. The van der Waals surface area contributed by atoms with E-state index in [-0.39, 0.29) is 11.3 Å². The fourth-order valence-corrected chi connectivity index (χ4v) is 2.58. The van der Waals surface area contributed by atoms with E-state index in [9.17, 15) is 4.79 Å². The van der Waals surface area contributed by atoms with Gasteiger partial charge in [0.15, 0.2) is 0 Å². The number of nitrogens with one attached hydrogen (secondary N) is 1. The molecule has 4 heteroatoms. The topological polar surface area (TPSA) is 52.9 Å². The maximum atomic E-state index is 11.9. The summed E-state index contributed by atoms with van der Waals surface area (Å²) in [5.74, 6) is -0.668. The second kappa shape index (κ2) is 6.55. The van der Waals surface area contributed by atoms with E-state index in [2.05, 4.69) is 31.3 Å². The molecular weight excluding hydrogens is 244 g/mol. The second-order valence-electron chi connectivity index (χ2n) is 5.05. The van der Waals surface area contributed by atoms with E-state index >= 15 is 0 Å². The maximum Gasteiger partial charge on any atom is 0.237 e. The Balaban J connectivity index is 2.55. The third-order valence-corrected chi connectivity index (χ3v) is 4.18. The van der Waals surface area contributed by atoms with Crippen LogP contribution in [0.3, 0.4) is 0 Å². The molecule has 3 nitrogen and oxygen atoms in total. The molecule has 1 amide bonds. The summed E-state index contributed by atoms with van der Waals surface area (Å²) >= 11 is 1.69. The Morgan fingerprint density at radius 1 is 1.61 bits per heavy atom. The van der Waals surface area contributed by atoms with Gasteiger partial charge in [-0.05, 0) is 17.9 Å². The molecule has 1 unspecified atom stereocenters. The summed E-state index contributed by atoms with van der Waals surface area (Å²) in [4.78, 5) is 13.1. The van der Waals surface area contributed by atoms with Crippen LogP contribution in [-0.4, -0.2) is 12.5 Å². The number of carbonyl (C=O) groups excluding carboxylic acids is 1. The molecular formula is C14H20N2OS. The Labute approximate surface area is 113 Å². The number of hydrogen-bond acceptors (Lipinski definition) is 3. The summed E-state index contributed by atoms with van der Waals surface area (Å²) < 4.78 is 0. The van der Waals surface area contributed by atoms with Crippen molar-refractivity contribution in [2.24, 2.45) is 5.92 Å². The van der Waals surface area contributed by atoms with Crippen LogP contribution in [0.5, 0.6) is 0 Å². The first kappa shape index (κ1) is 14.7. The lowest BCUT2D eigenvalue weighted by Gasteiger charge is -2.24. The first-order valence-electron chi connectivity index (χ1n) is 6.22.